The average molecular weight is 704 g/mol. The van der Waals surface area contributed by atoms with Crippen molar-refractivity contribution >= 4 is 52.9 Å². The van der Waals surface area contributed by atoms with Gasteiger partial charge in [0.2, 0.25) is 5.91 Å². The highest BCUT2D eigenvalue weighted by atomic mass is 32.2. The predicted molar refractivity (Wildman–Crippen MR) is 206 cm³/mol. The second kappa shape index (κ2) is 16.8. The Morgan fingerprint density at radius 3 is 1.71 bits per heavy atom. The minimum atomic E-state index is -1.05. The number of carboxylic acid groups (broad SMARTS) is 1. The Bertz CT molecular complexity index is 2190. The molecule has 0 radical (unpaired) electrons. The largest absolute Gasteiger partial charge is 0.478 e. The quantitative estimate of drug-likeness (QED) is 0.0746. The van der Waals surface area contributed by atoms with Crippen molar-refractivity contribution in [1.82, 2.24) is 5.32 Å². The maximum absolute atomic E-state index is 13.7. The number of rotatable bonds is 12. The van der Waals surface area contributed by atoms with Crippen LogP contribution in [-0.2, 0) is 9.59 Å². The van der Waals surface area contributed by atoms with E-state index < -0.39 is 23.0 Å². The van der Waals surface area contributed by atoms with Crippen molar-refractivity contribution in [3.8, 4) is 11.1 Å². The standard InChI is InChI=1S/C43H33N3O5S/c47-40(33-14-8-3-9-15-33)46-38(28-29-16-18-31(19-17-29)30-10-4-1-5-11-30)41(48)44-36-24-26-37(27-25-36)52-39(32-12-6-2-7-13-32)42(49)45-35-22-20-34(21-23-35)43(50)51/h1-28,39H,(H,44,48)(H,45,49)(H,46,47)(H,50,51)/b38-28-. The van der Waals surface area contributed by atoms with Crippen LogP contribution >= 0.6 is 11.8 Å². The van der Waals surface area contributed by atoms with Gasteiger partial charge < -0.3 is 21.1 Å². The van der Waals surface area contributed by atoms with Gasteiger partial charge in [0.25, 0.3) is 11.8 Å². The van der Waals surface area contributed by atoms with Crippen LogP contribution in [-0.4, -0.2) is 28.8 Å². The Hall–Kier alpha value is -6.71. The topological polar surface area (TPSA) is 125 Å². The van der Waals surface area contributed by atoms with Gasteiger partial charge >= 0.3 is 5.97 Å². The minimum Gasteiger partial charge on any atom is -0.478 e. The normalized spacial score (nSPS) is 11.6. The third-order valence-corrected chi connectivity index (χ3v) is 9.23. The van der Waals surface area contributed by atoms with Crippen molar-refractivity contribution in [3.63, 3.8) is 0 Å². The molecule has 256 valence electrons. The van der Waals surface area contributed by atoms with Crippen molar-refractivity contribution in [2.75, 3.05) is 10.6 Å². The molecule has 0 saturated heterocycles. The first-order valence-corrected chi connectivity index (χ1v) is 17.2. The Labute approximate surface area is 305 Å². The lowest BCUT2D eigenvalue weighted by Crippen LogP contribution is -2.30. The highest BCUT2D eigenvalue weighted by molar-refractivity contribution is 8.00. The van der Waals surface area contributed by atoms with E-state index in [-0.39, 0.29) is 17.2 Å². The SMILES string of the molecule is O=C(Nc1ccc(SC(C(=O)Nc2ccc(C(=O)O)cc2)c2ccccc2)cc1)/C(=C/c1ccc(-c2ccccc2)cc1)NC(=O)c1ccccc1. The van der Waals surface area contributed by atoms with Crippen LogP contribution in [0, 0.1) is 0 Å². The number of anilines is 2. The molecule has 6 rings (SSSR count). The summed E-state index contributed by atoms with van der Waals surface area (Å²) >= 11 is 1.33. The summed E-state index contributed by atoms with van der Waals surface area (Å²) in [5.74, 6) is -2.25. The molecule has 0 saturated carbocycles. The van der Waals surface area contributed by atoms with Crippen molar-refractivity contribution in [1.29, 1.82) is 0 Å². The molecule has 0 fully saturated rings. The average Bonchev–Trinajstić information content (AvgIpc) is 3.18. The summed E-state index contributed by atoms with van der Waals surface area (Å²) in [4.78, 5) is 52.3. The smallest absolute Gasteiger partial charge is 0.335 e. The van der Waals surface area contributed by atoms with Gasteiger partial charge in [0.05, 0.1) is 5.56 Å². The molecule has 1 unspecified atom stereocenters. The second-order valence-corrected chi connectivity index (χ2v) is 12.8. The minimum absolute atomic E-state index is 0.0666. The summed E-state index contributed by atoms with van der Waals surface area (Å²) in [6.07, 6.45) is 1.63. The molecule has 0 bridgehead atoms. The van der Waals surface area contributed by atoms with Crippen molar-refractivity contribution in [3.05, 3.63) is 192 Å². The van der Waals surface area contributed by atoms with E-state index in [1.54, 1.807) is 66.7 Å². The summed E-state index contributed by atoms with van der Waals surface area (Å²) in [6.45, 7) is 0. The van der Waals surface area contributed by atoms with E-state index in [2.05, 4.69) is 16.0 Å². The van der Waals surface area contributed by atoms with Gasteiger partial charge in [-0.05, 0) is 89.0 Å². The zero-order chi connectivity index (χ0) is 36.3. The Morgan fingerprint density at radius 2 is 1.10 bits per heavy atom. The lowest BCUT2D eigenvalue weighted by atomic mass is 10.0. The van der Waals surface area contributed by atoms with Crippen LogP contribution in [0.2, 0.25) is 0 Å². The summed E-state index contributed by atoms with van der Waals surface area (Å²) in [6, 6.07) is 48.7. The van der Waals surface area contributed by atoms with Gasteiger partial charge in [-0.2, -0.15) is 0 Å². The van der Waals surface area contributed by atoms with E-state index in [0.717, 1.165) is 27.1 Å². The molecule has 0 aliphatic carbocycles. The number of hydrogen-bond donors (Lipinski definition) is 4. The fraction of sp³-hybridized carbons (Fsp3) is 0.0233. The van der Waals surface area contributed by atoms with Crippen molar-refractivity contribution < 1.29 is 24.3 Å². The molecule has 0 aliphatic rings. The number of benzene rings is 6. The van der Waals surface area contributed by atoms with E-state index in [1.165, 1.54) is 23.9 Å². The van der Waals surface area contributed by atoms with Gasteiger partial charge in [-0.25, -0.2) is 4.79 Å². The van der Waals surface area contributed by atoms with Gasteiger partial charge in [0.15, 0.2) is 0 Å². The number of nitrogens with one attached hydrogen (secondary N) is 3. The van der Waals surface area contributed by atoms with E-state index in [1.807, 2.05) is 91.0 Å². The molecular formula is C43H33N3O5S. The zero-order valence-corrected chi connectivity index (χ0v) is 28.5. The van der Waals surface area contributed by atoms with E-state index in [0.29, 0.717) is 16.9 Å². The number of amides is 3. The Kier molecular flexibility index (Phi) is 11.3. The molecule has 0 spiro atoms. The van der Waals surface area contributed by atoms with Crippen LogP contribution in [0.3, 0.4) is 0 Å². The van der Waals surface area contributed by atoms with Crippen LogP contribution in [0.4, 0.5) is 11.4 Å². The van der Waals surface area contributed by atoms with Gasteiger partial charge in [0.1, 0.15) is 10.9 Å². The summed E-state index contributed by atoms with van der Waals surface area (Å²) in [5.41, 5.74) is 5.18. The maximum Gasteiger partial charge on any atom is 0.335 e. The van der Waals surface area contributed by atoms with Crippen LogP contribution in [0.5, 0.6) is 0 Å². The molecule has 8 nitrogen and oxygen atoms in total. The molecule has 0 aromatic heterocycles. The fourth-order valence-corrected chi connectivity index (χ4v) is 6.29. The van der Waals surface area contributed by atoms with E-state index in [9.17, 15) is 24.3 Å². The number of carbonyl (C=O) groups is 4. The first-order chi connectivity index (χ1) is 25.3. The molecule has 6 aromatic carbocycles. The Balaban J connectivity index is 1.18. The monoisotopic (exact) mass is 703 g/mol. The lowest BCUT2D eigenvalue weighted by Gasteiger charge is -2.18. The van der Waals surface area contributed by atoms with Gasteiger partial charge in [0, 0.05) is 21.8 Å². The number of carbonyl (C=O) groups excluding carboxylic acids is 3. The third kappa shape index (κ3) is 9.29. The Morgan fingerprint density at radius 1 is 0.558 bits per heavy atom. The maximum atomic E-state index is 13.7. The summed E-state index contributed by atoms with van der Waals surface area (Å²) in [7, 11) is 0. The fourth-order valence-electron chi connectivity index (χ4n) is 5.27. The number of hydrogen-bond acceptors (Lipinski definition) is 5. The predicted octanol–water partition coefficient (Wildman–Crippen LogP) is 8.93. The molecule has 6 aromatic rings. The third-order valence-electron chi connectivity index (χ3n) is 7.96. The molecule has 9 heteroatoms. The van der Waals surface area contributed by atoms with Crippen molar-refractivity contribution in [2.24, 2.45) is 0 Å². The number of thioether (sulfide) groups is 1. The lowest BCUT2D eigenvalue weighted by molar-refractivity contribution is -0.116. The van der Waals surface area contributed by atoms with Gasteiger partial charge in [-0.1, -0.05) is 103 Å². The molecule has 52 heavy (non-hydrogen) atoms. The first-order valence-electron chi connectivity index (χ1n) is 16.3. The van der Waals surface area contributed by atoms with Crippen LogP contribution < -0.4 is 16.0 Å². The summed E-state index contributed by atoms with van der Waals surface area (Å²) in [5, 5.41) is 17.1. The summed E-state index contributed by atoms with van der Waals surface area (Å²) < 4.78 is 0. The highest BCUT2D eigenvalue weighted by Gasteiger charge is 2.23. The second-order valence-electron chi connectivity index (χ2n) is 11.6. The zero-order valence-electron chi connectivity index (χ0n) is 27.7. The van der Waals surface area contributed by atoms with Gasteiger partial charge in [-0.15, -0.1) is 11.8 Å². The van der Waals surface area contributed by atoms with Crippen molar-refractivity contribution in [2.45, 2.75) is 10.1 Å². The molecule has 0 heterocycles. The van der Waals surface area contributed by atoms with E-state index >= 15 is 0 Å². The molecule has 3 amide bonds. The molecular weight excluding hydrogens is 671 g/mol. The number of aromatic carboxylic acids is 1. The van der Waals surface area contributed by atoms with Crippen LogP contribution in [0.15, 0.2) is 174 Å². The highest BCUT2D eigenvalue weighted by Crippen LogP contribution is 2.37. The number of carboxylic acids is 1. The first kappa shape index (κ1) is 35.1. The van der Waals surface area contributed by atoms with Crippen LogP contribution in [0.25, 0.3) is 17.2 Å². The molecule has 4 N–H and O–H groups in total. The molecule has 0 aliphatic heterocycles. The van der Waals surface area contributed by atoms with Crippen LogP contribution in [0.1, 0.15) is 37.1 Å². The van der Waals surface area contributed by atoms with Gasteiger partial charge in [-0.3, -0.25) is 14.4 Å². The molecule has 1 atom stereocenters. The van der Waals surface area contributed by atoms with E-state index in [4.69, 9.17) is 0 Å².